The van der Waals surface area contributed by atoms with Crippen molar-refractivity contribution in [2.24, 2.45) is 11.7 Å². The Morgan fingerprint density at radius 3 is 1.88 bits per heavy atom. The van der Waals surface area contributed by atoms with E-state index in [1.165, 1.54) is 30.4 Å². The topological polar surface area (TPSA) is 35.2 Å². The van der Waals surface area contributed by atoms with Crippen molar-refractivity contribution in [3.05, 3.63) is 71.8 Å². The molecule has 0 spiro atoms. The fourth-order valence-corrected chi connectivity index (χ4v) is 3.75. The van der Waals surface area contributed by atoms with E-state index in [-0.39, 0.29) is 18.4 Å². The Hall–Kier alpha value is -1.35. The third kappa shape index (κ3) is 4.00. The number of rotatable bonds is 7. The quantitative estimate of drug-likeness (QED) is 0.774. The summed E-state index contributed by atoms with van der Waals surface area (Å²) in [7, 11) is 1.80. The third-order valence-corrected chi connectivity index (χ3v) is 5.24. The van der Waals surface area contributed by atoms with Gasteiger partial charge in [0, 0.05) is 13.2 Å². The lowest BCUT2D eigenvalue weighted by Crippen LogP contribution is -2.39. The fraction of sp³-hybridized carbons (Fsp3) is 0.429. The van der Waals surface area contributed by atoms with E-state index < -0.39 is 5.60 Å². The van der Waals surface area contributed by atoms with Gasteiger partial charge < -0.3 is 10.5 Å². The molecule has 0 heterocycles. The van der Waals surface area contributed by atoms with Gasteiger partial charge in [-0.1, -0.05) is 79.9 Å². The minimum Gasteiger partial charge on any atom is -0.369 e. The number of halogens is 1. The zero-order chi connectivity index (χ0) is 16.1. The minimum atomic E-state index is -0.467. The van der Waals surface area contributed by atoms with Gasteiger partial charge in [-0.25, -0.2) is 0 Å². The zero-order valence-corrected chi connectivity index (χ0v) is 15.2. The predicted octanol–water partition coefficient (Wildman–Crippen LogP) is 4.91. The molecule has 0 aromatic heterocycles. The number of benzene rings is 2. The molecule has 2 nitrogen and oxygen atoms in total. The van der Waals surface area contributed by atoms with Crippen molar-refractivity contribution in [2.75, 3.05) is 7.11 Å². The van der Waals surface area contributed by atoms with Crippen LogP contribution in [-0.4, -0.2) is 13.2 Å². The van der Waals surface area contributed by atoms with E-state index in [0.29, 0.717) is 0 Å². The molecule has 1 atom stereocenters. The second-order valence-corrected chi connectivity index (χ2v) is 6.76. The van der Waals surface area contributed by atoms with Crippen molar-refractivity contribution in [3.63, 3.8) is 0 Å². The van der Waals surface area contributed by atoms with Crippen molar-refractivity contribution >= 4 is 12.4 Å². The summed E-state index contributed by atoms with van der Waals surface area (Å²) in [6.45, 7) is 0. The number of methoxy groups -OCH3 is 1. The van der Waals surface area contributed by atoms with E-state index in [2.05, 4.69) is 48.5 Å². The summed E-state index contributed by atoms with van der Waals surface area (Å²) < 4.78 is 6.13. The number of nitrogens with two attached hydrogens (primary N) is 1. The van der Waals surface area contributed by atoms with Gasteiger partial charge in [-0.15, -0.1) is 12.4 Å². The van der Waals surface area contributed by atoms with Gasteiger partial charge >= 0.3 is 0 Å². The van der Waals surface area contributed by atoms with E-state index in [0.717, 1.165) is 18.8 Å². The summed E-state index contributed by atoms with van der Waals surface area (Å²) in [5.41, 5.74) is 8.43. The highest BCUT2D eigenvalue weighted by Crippen LogP contribution is 2.39. The Labute approximate surface area is 151 Å². The largest absolute Gasteiger partial charge is 0.369 e. The van der Waals surface area contributed by atoms with Gasteiger partial charge in [0.15, 0.2) is 0 Å². The standard InChI is InChI=1S/C21H27NO.ClH/c1-23-21(18-11-4-2-5-12-18,19-13-6-3-7-14-19)16-20(22)15-17-9-8-10-17;/h2-7,11-14,17,20H,8-10,15-16,22H2,1H3;1H. The van der Waals surface area contributed by atoms with E-state index in [4.69, 9.17) is 10.5 Å². The highest BCUT2D eigenvalue weighted by atomic mass is 35.5. The van der Waals surface area contributed by atoms with Crippen LogP contribution in [0.15, 0.2) is 60.7 Å². The van der Waals surface area contributed by atoms with Crippen molar-refractivity contribution < 1.29 is 4.74 Å². The molecule has 0 radical (unpaired) electrons. The average Bonchev–Trinajstić information content (AvgIpc) is 2.58. The second-order valence-electron chi connectivity index (χ2n) is 6.76. The minimum absolute atomic E-state index is 0. The number of hydrogen-bond donors (Lipinski definition) is 1. The molecule has 0 saturated heterocycles. The van der Waals surface area contributed by atoms with Gasteiger partial charge in [0.05, 0.1) is 0 Å². The Morgan fingerprint density at radius 2 is 1.50 bits per heavy atom. The molecule has 1 aliphatic carbocycles. The highest BCUT2D eigenvalue weighted by Gasteiger charge is 2.36. The Kier molecular flexibility index (Phi) is 6.85. The Balaban J connectivity index is 0.00000208. The van der Waals surface area contributed by atoms with Gasteiger partial charge in [-0.05, 0) is 29.9 Å². The van der Waals surface area contributed by atoms with E-state index in [1.54, 1.807) is 7.11 Å². The molecule has 0 bridgehead atoms. The lowest BCUT2D eigenvalue weighted by molar-refractivity contribution is 0.00611. The van der Waals surface area contributed by atoms with E-state index in [9.17, 15) is 0 Å². The van der Waals surface area contributed by atoms with Gasteiger partial charge in [0.2, 0.25) is 0 Å². The molecule has 1 aliphatic rings. The van der Waals surface area contributed by atoms with Gasteiger partial charge in [0.1, 0.15) is 5.60 Å². The summed E-state index contributed by atoms with van der Waals surface area (Å²) in [6.07, 6.45) is 5.96. The molecule has 1 saturated carbocycles. The number of ether oxygens (including phenoxy) is 1. The monoisotopic (exact) mass is 345 g/mol. The fourth-order valence-electron chi connectivity index (χ4n) is 3.75. The average molecular weight is 346 g/mol. The first-order valence-electron chi connectivity index (χ1n) is 8.66. The van der Waals surface area contributed by atoms with E-state index >= 15 is 0 Å². The smallest absolute Gasteiger partial charge is 0.119 e. The van der Waals surface area contributed by atoms with Crippen molar-refractivity contribution in [1.29, 1.82) is 0 Å². The Bertz CT molecular complexity index is 558. The second kappa shape index (κ2) is 8.66. The van der Waals surface area contributed by atoms with Crippen LogP contribution in [-0.2, 0) is 10.3 Å². The highest BCUT2D eigenvalue weighted by molar-refractivity contribution is 5.85. The maximum atomic E-state index is 6.54. The van der Waals surface area contributed by atoms with Gasteiger partial charge in [0.25, 0.3) is 0 Å². The molecule has 2 aromatic carbocycles. The van der Waals surface area contributed by atoms with Crippen LogP contribution in [0.5, 0.6) is 0 Å². The maximum absolute atomic E-state index is 6.54. The van der Waals surface area contributed by atoms with E-state index in [1.807, 2.05) is 12.1 Å². The molecule has 0 aliphatic heterocycles. The molecule has 0 amide bonds. The molecule has 3 heteroatoms. The molecule has 2 aromatic rings. The van der Waals surface area contributed by atoms with Crippen LogP contribution >= 0.6 is 12.4 Å². The zero-order valence-electron chi connectivity index (χ0n) is 14.4. The van der Waals surface area contributed by atoms with Crippen LogP contribution in [0.1, 0.15) is 43.2 Å². The third-order valence-electron chi connectivity index (χ3n) is 5.24. The molecular formula is C21H28ClNO. The first kappa shape index (κ1) is 19.0. The molecular weight excluding hydrogens is 318 g/mol. The van der Waals surface area contributed by atoms with Crippen LogP contribution in [0.2, 0.25) is 0 Å². The van der Waals surface area contributed by atoms with Crippen LogP contribution in [0, 0.1) is 5.92 Å². The Morgan fingerprint density at radius 1 is 1.00 bits per heavy atom. The van der Waals surface area contributed by atoms with Gasteiger partial charge in [-0.2, -0.15) is 0 Å². The van der Waals surface area contributed by atoms with Crippen LogP contribution < -0.4 is 5.73 Å². The predicted molar refractivity (Wildman–Crippen MR) is 102 cm³/mol. The molecule has 24 heavy (non-hydrogen) atoms. The molecule has 2 N–H and O–H groups in total. The van der Waals surface area contributed by atoms with Crippen LogP contribution in [0.4, 0.5) is 0 Å². The normalized spacial score (nSPS) is 16.1. The van der Waals surface area contributed by atoms with Crippen molar-refractivity contribution in [1.82, 2.24) is 0 Å². The summed E-state index contributed by atoms with van der Waals surface area (Å²) in [5, 5.41) is 0. The summed E-state index contributed by atoms with van der Waals surface area (Å²) in [5.74, 6) is 0.811. The maximum Gasteiger partial charge on any atom is 0.119 e. The lowest BCUT2D eigenvalue weighted by atomic mass is 9.76. The summed E-state index contributed by atoms with van der Waals surface area (Å²) in [6, 6.07) is 21.1. The molecule has 1 fully saturated rings. The summed E-state index contributed by atoms with van der Waals surface area (Å²) in [4.78, 5) is 0. The van der Waals surface area contributed by atoms with Crippen molar-refractivity contribution in [3.8, 4) is 0 Å². The molecule has 3 rings (SSSR count). The van der Waals surface area contributed by atoms with Crippen LogP contribution in [0.3, 0.4) is 0 Å². The van der Waals surface area contributed by atoms with Crippen LogP contribution in [0.25, 0.3) is 0 Å². The summed E-state index contributed by atoms with van der Waals surface area (Å²) >= 11 is 0. The van der Waals surface area contributed by atoms with Gasteiger partial charge in [-0.3, -0.25) is 0 Å². The molecule has 1 unspecified atom stereocenters. The first-order chi connectivity index (χ1) is 11.2. The SMILES string of the molecule is COC(CC(N)CC1CCC1)(c1ccccc1)c1ccccc1.Cl. The number of hydrogen-bond acceptors (Lipinski definition) is 2. The molecule has 130 valence electrons. The van der Waals surface area contributed by atoms with Crippen molar-refractivity contribution in [2.45, 2.75) is 43.7 Å². The lowest BCUT2D eigenvalue weighted by Gasteiger charge is -2.37. The first-order valence-corrected chi connectivity index (χ1v) is 8.66.